The third-order valence-corrected chi connectivity index (χ3v) is 4.18. The van der Waals surface area contributed by atoms with Crippen LogP contribution in [0, 0.1) is 0 Å². The van der Waals surface area contributed by atoms with Crippen LogP contribution in [-0.2, 0) is 13.1 Å². The molecule has 1 aromatic heterocycles. The first-order valence-corrected chi connectivity index (χ1v) is 8.14. The molecule has 1 aliphatic rings. The molecule has 0 amide bonds. The van der Waals surface area contributed by atoms with Crippen LogP contribution >= 0.6 is 15.9 Å². The molecule has 0 saturated heterocycles. The van der Waals surface area contributed by atoms with Crippen molar-refractivity contribution in [2.24, 2.45) is 0 Å². The molecule has 0 bridgehead atoms. The second-order valence-corrected chi connectivity index (χ2v) is 6.58. The van der Waals surface area contributed by atoms with Crippen molar-refractivity contribution in [2.75, 3.05) is 11.9 Å². The summed E-state index contributed by atoms with van der Waals surface area (Å²) in [5, 5.41) is 3.54. The van der Waals surface area contributed by atoms with Crippen LogP contribution in [-0.4, -0.2) is 18.1 Å². The Labute approximate surface area is 134 Å². The zero-order valence-electron chi connectivity index (χ0n) is 12.2. The Morgan fingerprint density at radius 3 is 2.86 bits per heavy atom. The summed E-state index contributed by atoms with van der Waals surface area (Å²) in [5.41, 5.74) is 2.57. The fourth-order valence-corrected chi connectivity index (χ4v) is 2.77. The lowest BCUT2D eigenvalue weighted by Gasteiger charge is -2.19. The molecule has 1 saturated carbocycles. The molecule has 110 valence electrons. The van der Waals surface area contributed by atoms with E-state index in [-0.39, 0.29) is 0 Å². The molecule has 3 rings (SSSR count). The molecule has 2 aromatic rings. The predicted molar refractivity (Wildman–Crippen MR) is 90.3 cm³/mol. The summed E-state index contributed by atoms with van der Waals surface area (Å²) in [6.07, 6.45) is 4.54. The number of pyridine rings is 1. The molecule has 1 fully saturated rings. The van der Waals surface area contributed by atoms with Gasteiger partial charge in [0.15, 0.2) is 0 Å². The highest BCUT2D eigenvalue weighted by atomic mass is 79.9. The molecule has 0 spiro atoms. The minimum Gasteiger partial charge on any atom is -0.355 e. The molecular weight excluding hydrogens is 326 g/mol. The highest BCUT2D eigenvalue weighted by molar-refractivity contribution is 9.10. The normalized spacial score (nSPS) is 14.2. The molecule has 0 atom stereocenters. The van der Waals surface area contributed by atoms with Gasteiger partial charge in [0.05, 0.1) is 0 Å². The van der Waals surface area contributed by atoms with Crippen LogP contribution in [0.5, 0.6) is 0 Å². The lowest BCUT2D eigenvalue weighted by molar-refractivity contribution is 0.686. The summed E-state index contributed by atoms with van der Waals surface area (Å²) < 4.78 is 1.11. The first-order chi connectivity index (χ1) is 10.2. The highest BCUT2D eigenvalue weighted by Gasteiger charge is 2.20. The van der Waals surface area contributed by atoms with E-state index in [1.165, 1.54) is 24.0 Å². The number of anilines is 1. The van der Waals surface area contributed by atoms with E-state index in [1.54, 1.807) is 0 Å². The van der Waals surface area contributed by atoms with Gasteiger partial charge in [-0.1, -0.05) is 28.1 Å². The summed E-state index contributed by atoms with van der Waals surface area (Å²) in [7, 11) is 2.08. The number of benzene rings is 1. The Kier molecular flexibility index (Phi) is 4.56. The van der Waals surface area contributed by atoms with E-state index < -0.39 is 0 Å². The second kappa shape index (κ2) is 6.58. The third kappa shape index (κ3) is 4.29. The van der Waals surface area contributed by atoms with E-state index in [9.17, 15) is 0 Å². The van der Waals surface area contributed by atoms with Gasteiger partial charge in [0.25, 0.3) is 0 Å². The summed E-state index contributed by atoms with van der Waals surface area (Å²) in [6.45, 7) is 1.79. The van der Waals surface area contributed by atoms with Crippen molar-refractivity contribution >= 4 is 21.7 Å². The number of rotatable bonds is 6. The topological polar surface area (TPSA) is 28.2 Å². The highest BCUT2D eigenvalue weighted by Crippen LogP contribution is 2.20. The van der Waals surface area contributed by atoms with Gasteiger partial charge in [-0.05, 0) is 48.2 Å². The Morgan fingerprint density at radius 2 is 2.10 bits per heavy atom. The maximum absolute atomic E-state index is 4.49. The van der Waals surface area contributed by atoms with Gasteiger partial charge in [0.1, 0.15) is 5.82 Å². The van der Waals surface area contributed by atoms with Crippen LogP contribution in [0.25, 0.3) is 0 Å². The van der Waals surface area contributed by atoms with Gasteiger partial charge in [-0.25, -0.2) is 4.98 Å². The summed E-state index contributed by atoms with van der Waals surface area (Å²) in [4.78, 5) is 6.67. The van der Waals surface area contributed by atoms with E-state index in [1.807, 2.05) is 12.3 Å². The number of aromatic nitrogens is 1. The molecule has 1 aliphatic carbocycles. The minimum atomic E-state index is 0.737. The Morgan fingerprint density at radius 1 is 1.24 bits per heavy atom. The molecule has 1 N–H and O–H groups in total. The fraction of sp³-hybridized carbons (Fsp3) is 0.353. The molecular formula is C17H20BrN3. The van der Waals surface area contributed by atoms with E-state index in [0.29, 0.717) is 0 Å². The quantitative estimate of drug-likeness (QED) is 0.864. The van der Waals surface area contributed by atoms with E-state index in [2.05, 4.69) is 68.5 Å². The Balaban J connectivity index is 1.65. The lowest BCUT2D eigenvalue weighted by Crippen LogP contribution is -2.19. The van der Waals surface area contributed by atoms with Crippen LogP contribution in [0.3, 0.4) is 0 Å². The average Bonchev–Trinajstić information content (AvgIpc) is 3.30. The molecule has 0 aliphatic heterocycles. The minimum absolute atomic E-state index is 0.737. The van der Waals surface area contributed by atoms with Gasteiger partial charge in [0, 0.05) is 36.8 Å². The van der Waals surface area contributed by atoms with Crippen molar-refractivity contribution in [3.8, 4) is 0 Å². The summed E-state index contributed by atoms with van der Waals surface area (Å²) in [6, 6.07) is 13.4. The molecule has 4 heteroatoms. The molecule has 1 heterocycles. The van der Waals surface area contributed by atoms with E-state index in [4.69, 9.17) is 0 Å². The average molecular weight is 346 g/mol. The maximum Gasteiger partial charge on any atom is 0.128 e. The van der Waals surface area contributed by atoms with Crippen LogP contribution in [0.4, 0.5) is 5.82 Å². The molecule has 21 heavy (non-hydrogen) atoms. The molecule has 3 nitrogen and oxygen atoms in total. The first-order valence-electron chi connectivity index (χ1n) is 7.34. The predicted octanol–water partition coefficient (Wildman–Crippen LogP) is 3.73. The molecule has 0 unspecified atom stereocenters. The molecule has 0 radical (unpaired) electrons. The fourth-order valence-electron chi connectivity index (χ4n) is 2.32. The van der Waals surface area contributed by atoms with Crippen LogP contribution in [0.1, 0.15) is 24.0 Å². The van der Waals surface area contributed by atoms with Crippen molar-refractivity contribution in [1.29, 1.82) is 0 Å². The standard InChI is InChI=1S/C17H20BrN3/c1-21(12-14-3-2-4-15(18)9-14)17-10-13(7-8-19-17)11-20-16-5-6-16/h2-4,7-10,16,20H,5-6,11-12H2,1H3. The summed E-state index contributed by atoms with van der Waals surface area (Å²) in [5.74, 6) is 1.02. The van der Waals surface area contributed by atoms with Gasteiger partial charge in [-0.15, -0.1) is 0 Å². The van der Waals surface area contributed by atoms with Crippen molar-refractivity contribution in [3.05, 3.63) is 58.2 Å². The van der Waals surface area contributed by atoms with Crippen molar-refractivity contribution in [2.45, 2.75) is 32.0 Å². The van der Waals surface area contributed by atoms with Crippen LogP contribution < -0.4 is 10.2 Å². The lowest BCUT2D eigenvalue weighted by atomic mass is 10.2. The first kappa shape index (κ1) is 14.5. The van der Waals surface area contributed by atoms with Gasteiger partial charge >= 0.3 is 0 Å². The Bertz CT molecular complexity index is 610. The Hall–Kier alpha value is -1.39. The zero-order valence-corrected chi connectivity index (χ0v) is 13.8. The van der Waals surface area contributed by atoms with E-state index >= 15 is 0 Å². The van der Waals surface area contributed by atoms with Gasteiger partial charge in [-0.3, -0.25) is 0 Å². The second-order valence-electron chi connectivity index (χ2n) is 5.66. The van der Waals surface area contributed by atoms with Gasteiger partial charge in [-0.2, -0.15) is 0 Å². The smallest absolute Gasteiger partial charge is 0.128 e. The monoisotopic (exact) mass is 345 g/mol. The van der Waals surface area contributed by atoms with Crippen LogP contribution in [0.15, 0.2) is 47.1 Å². The van der Waals surface area contributed by atoms with E-state index in [0.717, 1.165) is 29.4 Å². The van der Waals surface area contributed by atoms with Gasteiger partial charge in [0.2, 0.25) is 0 Å². The third-order valence-electron chi connectivity index (χ3n) is 3.68. The van der Waals surface area contributed by atoms with Gasteiger partial charge < -0.3 is 10.2 Å². The number of nitrogens with zero attached hydrogens (tertiary/aromatic N) is 2. The van der Waals surface area contributed by atoms with Crippen molar-refractivity contribution in [3.63, 3.8) is 0 Å². The largest absolute Gasteiger partial charge is 0.355 e. The zero-order chi connectivity index (χ0) is 14.7. The van der Waals surface area contributed by atoms with Crippen molar-refractivity contribution < 1.29 is 0 Å². The number of halogens is 1. The number of hydrogen-bond donors (Lipinski definition) is 1. The molecule has 1 aromatic carbocycles. The maximum atomic E-state index is 4.49. The SMILES string of the molecule is CN(Cc1cccc(Br)c1)c1cc(CNC2CC2)ccn1. The number of hydrogen-bond acceptors (Lipinski definition) is 3. The summed E-state index contributed by atoms with van der Waals surface area (Å²) >= 11 is 3.52. The van der Waals surface area contributed by atoms with Crippen molar-refractivity contribution in [1.82, 2.24) is 10.3 Å². The number of nitrogens with one attached hydrogen (secondary N) is 1. The van der Waals surface area contributed by atoms with Crippen LogP contribution in [0.2, 0.25) is 0 Å².